The highest BCUT2D eigenvalue weighted by molar-refractivity contribution is 5.09. The summed E-state index contributed by atoms with van der Waals surface area (Å²) in [7, 11) is 2.11. The zero-order valence-corrected chi connectivity index (χ0v) is 8.98. The molecule has 0 aliphatic rings. The minimum atomic E-state index is 0.455. The molecule has 2 N–H and O–H groups in total. The van der Waals surface area contributed by atoms with Gasteiger partial charge in [0, 0.05) is 31.5 Å². The molecular formula is C11H19N3. The maximum absolute atomic E-state index is 5.59. The molecule has 1 heterocycles. The first-order chi connectivity index (χ1) is 6.74. The molecule has 0 saturated heterocycles. The van der Waals surface area contributed by atoms with Crippen LogP contribution in [0.2, 0.25) is 0 Å². The average molecular weight is 193 g/mol. The largest absolute Gasteiger partial charge is 0.329 e. The Kier molecular flexibility index (Phi) is 4.56. The quantitative estimate of drug-likeness (QED) is 0.755. The third-order valence-electron chi connectivity index (χ3n) is 2.60. The summed E-state index contributed by atoms with van der Waals surface area (Å²) in [5.41, 5.74) is 6.92. The predicted molar refractivity (Wildman–Crippen MR) is 59.1 cm³/mol. The number of nitrogens with zero attached hydrogens (tertiary/aromatic N) is 2. The van der Waals surface area contributed by atoms with Crippen molar-refractivity contribution in [3.63, 3.8) is 0 Å². The standard InChI is InChI=1S/C11H19N3/c1-10(9-12)14(2)8-5-11-3-6-13-7-4-11/h3-4,6-7,10H,5,8-9,12H2,1-2H3/t10-/m0/s1. The second-order valence-electron chi connectivity index (χ2n) is 3.67. The number of hydrogen-bond acceptors (Lipinski definition) is 3. The van der Waals surface area contributed by atoms with Crippen LogP contribution in [0.3, 0.4) is 0 Å². The SMILES string of the molecule is C[C@@H](CN)N(C)CCc1ccncc1. The van der Waals surface area contributed by atoms with E-state index >= 15 is 0 Å². The monoisotopic (exact) mass is 193 g/mol. The zero-order valence-electron chi connectivity index (χ0n) is 8.98. The van der Waals surface area contributed by atoms with E-state index in [4.69, 9.17) is 5.73 Å². The molecule has 0 saturated carbocycles. The van der Waals surface area contributed by atoms with Crippen molar-refractivity contribution < 1.29 is 0 Å². The van der Waals surface area contributed by atoms with Crippen LogP contribution in [0.25, 0.3) is 0 Å². The van der Waals surface area contributed by atoms with Crippen LogP contribution in [-0.4, -0.2) is 36.1 Å². The summed E-state index contributed by atoms with van der Waals surface area (Å²) in [6.07, 6.45) is 4.73. The molecule has 0 unspecified atom stereocenters. The van der Waals surface area contributed by atoms with Crippen LogP contribution in [0.5, 0.6) is 0 Å². The fraction of sp³-hybridized carbons (Fsp3) is 0.545. The van der Waals surface area contributed by atoms with Crippen LogP contribution in [-0.2, 0) is 6.42 Å². The molecule has 1 rings (SSSR count). The second-order valence-corrected chi connectivity index (χ2v) is 3.67. The summed E-state index contributed by atoms with van der Waals surface area (Å²) in [6.45, 7) is 3.90. The van der Waals surface area contributed by atoms with Crippen molar-refractivity contribution in [1.29, 1.82) is 0 Å². The second kappa shape index (κ2) is 5.73. The van der Waals surface area contributed by atoms with Crippen LogP contribution in [0, 0.1) is 0 Å². The lowest BCUT2D eigenvalue weighted by molar-refractivity contribution is 0.266. The Morgan fingerprint density at radius 3 is 2.64 bits per heavy atom. The lowest BCUT2D eigenvalue weighted by atomic mass is 10.2. The molecule has 3 heteroatoms. The minimum absolute atomic E-state index is 0.455. The van der Waals surface area contributed by atoms with Crippen molar-refractivity contribution in [1.82, 2.24) is 9.88 Å². The van der Waals surface area contributed by atoms with E-state index in [1.54, 1.807) is 0 Å². The van der Waals surface area contributed by atoms with Gasteiger partial charge in [-0.2, -0.15) is 0 Å². The van der Waals surface area contributed by atoms with E-state index in [1.165, 1.54) is 5.56 Å². The summed E-state index contributed by atoms with van der Waals surface area (Å²) in [5.74, 6) is 0. The van der Waals surface area contributed by atoms with Crippen molar-refractivity contribution in [2.24, 2.45) is 5.73 Å². The van der Waals surface area contributed by atoms with Gasteiger partial charge in [0.2, 0.25) is 0 Å². The zero-order chi connectivity index (χ0) is 10.4. The topological polar surface area (TPSA) is 42.1 Å². The van der Waals surface area contributed by atoms with Crippen LogP contribution in [0.1, 0.15) is 12.5 Å². The Balaban J connectivity index is 2.34. The lowest BCUT2D eigenvalue weighted by Gasteiger charge is -2.22. The van der Waals surface area contributed by atoms with Gasteiger partial charge in [0.1, 0.15) is 0 Å². The third-order valence-corrected chi connectivity index (χ3v) is 2.60. The highest BCUT2D eigenvalue weighted by atomic mass is 15.1. The normalized spacial score (nSPS) is 13.1. The van der Waals surface area contributed by atoms with E-state index in [0.29, 0.717) is 12.6 Å². The molecular weight excluding hydrogens is 174 g/mol. The number of aromatic nitrogens is 1. The summed E-state index contributed by atoms with van der Waals surface area (Å²) in [4.78, 5) is 6.27. The Morgan fingerprint density at radius 1 is 1.43 bits per heavy atom. The van der Waals surface area contributed by atoms with Crippen LogP contribution in [0.15, 0.2) is 24.5 Å². The van der Waals surface area contributed by atoms with Crippen molar-refractivity contribution >= 4 is 0 Å². The number of rotatable bonds is 5. The Bertz CT molecular complexity index is 248. The molecule has 3 nitrogen and oxygen atoms in total. The van der Waals surface area contributed by atoms with Gasteiger partial charge in [-0.05, 0) is 38.1 Å². The highest BCUT2D eigenvalue weighted by Crippen LogP contribution is 2.00. The number of hydrogen-bond donors (Lipinski definition) is 1. The maximum atomic E-state index is 5.59. The maximum Gasteiger partial charge on any atom is 0.0270 e. The molecule has 0 spiro atoms. The molecule has 1 atom stereocenters. The van der Waals surface area contributed by atoms with Crippen molar-refractivity contribution in [2.75, 3.05) is 20.1 Å². The molecule has 1 aromatic heterocycles. The molecule has 1 aromatic rings. The molecule has 14 heavy (non-hydrogen) atoms. The predicted octanol–water partition coefficient (Wildman–Crippen LogP) is 0.903. The molecule has 0 aliphatic carbocycles. The van der Waals surface area contributed by atoms with Crippen LogP contribution < -0.4 is 5.73 Å². The molecule has 0 fully saturated rings. The summed E-state index contributed by atoms with van der Waals surface area (Å²) in [6, 6.07) is 4.57. The van der Waals surface area contributed by atoms with E-state index in [-0.39, 0.29) is 0 Å². The van der Waals surface area contributed by atoms with E-state index in [0.717, 1.165) is 13.0 Å². The number of likely N-dealkylation sites (N-methyl/N-ethyl adjacent to an activating group) is 1. The molecule has 0 aliphatic heterocycles. The van der Waals surface area contributed by atoms with E-state index < -0.39 is 0 Å². The average Bonchev–Trinajstić information content (AvgIpc) is 2.26. The van der Waals surface area contributed by atoms with Gasteiger partial charge in [-0.25, -0.2) is 0 Å². The van der Waals surface area contributed by atoms with Crippen molar-refractivity contribution in [3.8, 4) is 0 Å². The van der Waals surface area contributed by atoms with Gasteiger partial charge in [0.15, 0.2) is 0 Å². The van der Waals surface area contributed by atoms with E-state index in [2.05, 4.69) is 36.0 Å². The fourth-order valence-corrected chi connectivity index (χ4v) is 1.26. The lowest BCUT2D eigenvalue weighted by Crippen LogP contribution is -2.36. The molecule has 78 valence electrons. The van der Waals surface area contributed by atoms with Gasteiger partial charge in [-0.15, -0.1) is 0 Å². The molecule has 0 aromatic carbocycles. The Hall–Kier alpha value is -0.930. The van der Waals surface area contributed by atoms with Gasteiger partial charge in [0.25, 0.3) is 0 Å². The van der Waals surface area contributed by atoms with Crippen molar-refractivity contribution in [3.05, 3.63) is 30.1 Å². The molecule has 0 bridgehead atoms. The van der Waals surface area contributed by atoms with Crippen LogP contribution >= 0.6 is 0 Å². The minimum Gasteiger partial charge on any atom is -0.329 e. The summed E-state index contributed by atoms with van der Waals surface area (Å²) < 4.78 is 0. The van der Waals surface area contributed by atoms with Gasteiger partial charge < -0.3 is 10.6 Å². The van der Waals surface area contributed by atoms with Gasteiger partial charge in [-0.1, -0.05) is 0 Å². The molecule has 0 radical (unpaired) electrons. The summed E-state index contributed by atoms with van der Waals surface area (Å²) >= 11 is 0. The smallest absolute Gasteiger partial charge is 0.0270 e. The van der Waals surface area contributed by atoms with Crippen molar-refractivity contribution in [2.45, 2.75) is 19.4 Å². The van der Waals surface area contributed by atoms with E-state index in [1.807, 2.05) is 12.4 Å². The fourth-order valence-electron chi connectivity index (χ4n) is 1.26. The third kappa shape index (κ3) is 3.44. The van der Waals surface area contributed by atoms with Gasteiger partial charge in [0.05, 0.1) is 0 Å². The van der Waals surface area contributed by atoms with Gasteiger partial charge >= 0.3 is 0 Å². The first-order valence-electron chi connectivity index (χ1n) is 5.03. The first kappa shape index (κ1) is 11.1. The Labute approximate surface area is 85.9 Å². The first-order valence-corrected chi connectivity index (χ1v) is 5.03. The Morgan fingerprint density at radius 2 is 2.07 bits per heavy atom. The van der Waals surface area contributed by atoms with Gasteiger partial charge in [-0.3, -0.25) is 4.98 Å². The number of pyridine rings is 1. The highest BCUT2D eigenvalue weighted by Gasteiger charge is 2.05. The molecule has 0 amide bonds. The number of nitrogens with two attached hydrogens (primary N) is 1. The van der Waals surface area contributed by atoms with Crippen LogP contribution in [0.4, 0.5) is 0 Å². The summed E-state index contributed by atoms with van der Waals surface area (Å²) in [5, 5.41) is 0. The van der Waals surface area contributed by atoms with E-state index in [9.17, 15) is 0 Å².